The highest BCUT2D eigenvalue weighted by Gasteiger charge is 2.23. The lowest BCUT2D eigenvalue weighted by Gasteiger charge is -2.29. The summed E-state index contributed by atoms with van der Waals surface area (Å²) in [6.45, 7) is 2.80. The van der Waals surface area contributed by atoms with Gasteiger partial charge < -0.3 is 14.4 Å². The smallest absolute Gasteiger partial charge is 0.306 e. The van der Waals surface area contributed by atoms with Crippen molar-refractivity contribution in [2.24, 2.45) is 0 Å². The molecule has 5 nitrogen and oxygen atoms in total. The summed E-state index contributed by atoms with van der Waals surface area (Å²) in [4.78, 5) is 25.4. The lowest BCUT2D eigenvalue weighted by Crippen LogP contribution is -2.35. The first-order valence-corrected chi connectivity index (χ1v) is 7.28. The zero-order chi connectivity index (χ0) is 15.2. The molecule has 1 aromatic rings. The fourth-order valence-corrected chi connectivity index (χ4v) is 2.54. The number of fused-ring (bicyclic) bond motifs is 1. The lowest BCUT2D eigenvalue weighted by atomic mass is 10.0. The molecule has 2 rings (SSSR count). The Balaban J connectivity index is 2.05. The van der Waals surface area contributed by atoms with Crippen LogP contribution in [0.5, 0.6) is 5.75 Å². The number of rotatable bonds is 5. The maximum absolute atomic E-state index is 12.3. The van der Waals surface area contributed by atoms with Crippen LogP contribution < -0.4 is 9.64 Å². The predicted molar refractivity (Wildman–Crippen MR) is 79.5 cm³/mol. The van der Waals surface area contributed by atoms with Crippen molar-refractivity contribution < 1.29 is 19.1 Å². The molecule has 1 aromatic carbocycles. The van der Waals surface area contributed by atoms with Crippen molar-refractivity contribution >= 4 is 17.6 Å². The number of nitrogens with zero attached hydrogens (tertiary/aromatic N) is 1. The molecule has 0 aliphatic carbocycles. The average molecular weight is 291 g/mol. The highest BCUT2D eigenvalue weighted by Crippen LogP contribution is 2.31. The van der Waals surface area contributed by atoms with Crippen LogP contribution in [0.2, 0.25) is 0 Å². The molecule has 0 N–H and O–H groups in total. The summed E-state index contributed by atoms with van der Waals surface area (Å²) in [5.74, 6) is 0.446. The van der Waals surface area contributed by atoms with Crippen LogP contribution in [0.1, 0.15) is 31.7 Å². The summed E-state index contributed by atoms with van der Waals surface area (Å²) < 4.78 is 10.1. The summed E-state index contributed by atoms with van der Waals surface area (Å²) in [6, 6.07) is 5.74. The van der Waals surface area contributed by atoms with Crippen molar-refractivity contribution in [3.8, 4) is 5.75 Å². The summed E-state index contributed by atoms with van der Waals surface area (Å²) in [6.07, 6.45) is 2.18. The molecule has 0 radical (unpaired) electrons. The number of carbonyl (C=O) groups excluding carboxylic acids is 2. The lowest BCUT2D eigenvalue weighted by molar-refractivity contribution is -0.144. The van der Waals surface area contributed by atoms with Crippen LogP contribution in [0.3, 0.4) is 0 Å². The van der Waals surface area contributed by atoms with Crippen LogP contribution in [0, 0.1) is 0 Å². The number of carbonyl (C=O) groups is 2. The molecule has 114 valence electrons. The van der Waals surface area contributed by atoms with E-state index in [0.717, 1.165) is 29.8 Å². The molecule has 0 bridgehead atoms. The van der Waals surface area contributed by atoms with E-state index in [-0.39, 0.29) is 24.7 Å². The minimum absolute atomic E-state index is 0.0332. The van der Waals surface area contributed by atoms with Gasteiger partial charge in [0.05, 0.1) is 20.1 Å². The summed E-state index contributed by atoms with van der Waals surface area (Å²) in [7, 11) is 1.63. The molecule has 0 fully saturated rings. The van der Waals surface area contributed by atoms with Gasteiger partial charge in [0.25, 0.3) is 0 Å². The second-order valence-electron chi connectivity index (χ2n) is 4.95. The van der Waals surface area contributed by atoms with Crippen LogP contribution in [-0.4, -0.2) is 32.1 Å². The van der Waals surface area contributed by atoms with Crippen molar-refractivity contribution in [3.63, 3.8) is 0 Å². The van der Waals surface area contributed by atoms with Crippen molar-refractivity contribution in [2.75, 3.05) is 25.2 Å². The first-order chi connectivity index (χ1) is 10.2. The van der Waals surface area contributed by atoms with E-state index >= 15 is 0 Å². The van der Waals surface area contributed by atoms with Gasteiger partial charge in [-0.1, -0.05) is 0 Å². The number of methoxy groups -OCH3 is 1. The zero-order valence-corrected chi connectivity index (χ0v) is 12.6. The Hall–Kier alpha value is -2.04. The van der Waals surface area contributed by atoms with Gasteiger partial charge >= 0.3 is 5.97 Å². The van der Waals surface area contributed by atoms with Crippen molar-refractivity contribution in [1.82, 2.24) is 0 Å². The minimum atomic E-state index is -0.321. The molecular weight excluding hydrogens is 270 g/mol. The van der Waals surface area contributed by atoms with Gasteiger partial charge in [-0.05, 0) is 43.5 Å². The maximum atomic E-state index is 12.3. The molecule has 1 amide bonds. The number of amides is 1. The number of benzene rings is 1. The fourth-order valence-electron chi connectivity index (χ4n) is 2.54. The van der Waals surface area contributed by atoms with Gasteiger partial charge in [-0.3, -0.25) is 9.59 Å². The van der Waals surface area contributed by atoms with E-state index < -0.39 is 0 Å². The van der Waals surface area contributed by atoms with Crippen LogP contribution in [-0.2, 0) is 20.7 Å². The normalized spacial score (nSPS) is 13.5. The molecule has 0 atom stereocenters. The average Bonchev–Trinajstić information content (AvgIpc) is 2.51. The molecular formula is C16H21NO4. The second kappa shape index (κ2) is 7.11. The van der Waals surface area contributed by atoms with Crippen LogP contribution in [0.4, 0.5) is 5.69 Å². The topological polar surface area (TPSA) is 55.8 Å². The zero-order valence-electron chi connectivity index (χ0n) is 12.6. The van der Waals surface area contributed by atoms with E-state index in [9.17, 15) is 9.59 Å². The Morgan fingerprint density at radius 3 is 2.81 bits per heavy atom. The quantitative estimate of drug-likeness (QED) is 0.781. The Bertz CT molecular complexity index is 527. The number of aryl methyl sites for hydroxylation is 1. The van der Waals surface area contributed by atoms with E-state index in [0.29, 0.717) is 13.2 Å². The first kappa shape index (κ1) is 15.4. The minimum Gasteiger partial charge on any atom is -0.497 e. The van der Waals surface area contributed by atoms with E-state index in [4.69, 9.17) is 9.47 Å². The fraction of sp³-hybridized carbons (Fsp3) is 0.500. The Labute approximate surface area is 124 Å². The van der Waals surface area contributed by atoms with E-state index in [1.165, 1.54) is 0 Å². The summed E-state index contributed by atoms with van der Waals surface area (Å²) in [5.41, 5.74) is 2.04. The highest BCUT2D eigenvalue weighted by molar-refractivity contribution is 5.96. The first-order valence-electron chi connectivity index (χ1n) is 7.28. The molecule has 0 saturated carbocycles. The number of hydrogen-bond donors (Lipinski definition) is 0. The van der Waals surface area contributed by atoms with E-state index in [1.807, 2.05) is 18.2 Å². The summed E-state index contributed by atoms with van der Waals surface area (Å²) >= 11 is 0. The van der Waals surface area contributed by atoms with E-state index in [1.54, 1.807) is 18.9 Å². The maximum Gasteiger partial charge on any atom is 0.306 e. The van der Waals surface area contributed by atoms with Crippen molar-refractivity contribution in [3.05, 3.63) is 23.8 Å². The largest absolute Gasteiger partial charge is 0.497 e. The third kappa shape index (κ3) is 3.74. The molecule has 0 unspecified atom stereocenters. The number of anilines is 1. The van der Waals surface area contributed by atoms with Crippen LogP contribution in [0.15, 0.2) is 18.2 Å². The molecule has 21 heavy (non-hydrogen) atoms. The van der Waals surface area contributed by atoms with E-state index in [2.05, 4.69) is 0 Å². The van der Waals surface area contributed by atoms with Gasteiger partial charge in [0.2, 0.25) is 5.91 Å². The monoisotopic (exact) mass is 291 g/mol. The number of esters is 1. The molecule has 5 heteroatoms. The summed E-state index contributed by atoms with van der Waals surface area (Å²) in [5, 5.41) is 0. The number of ether oxygens (including phenoxy) is 2. The SMILES string of the molecule is CCOC(=O)CCC(=O)N1CCCc2cc(OC)ccc21. The second-order valence-corrected chi connectivity index (χ2v) is 4.95. The molecule has 0 aromatic heterocycles. The Kier molecular flexibility index (Phi) is 5.20. The van der Waals surface area contributed by atoms with Crippen LogP contribution >= 0.6 is 0 Å². The molecule has 0 spiro atoms. The standard InChI is InChI=1S/C16H21NO4/c1-3-21-16(19)9-8-15(18)17-10-4-5-12-11-13(20-2)6-7-14(12)17/h6-7,11H,3-5,8-10H2,1-2H3. The van der Waals surface area contributed by atoms with Crippen molar-refractivity contribution in [1.29, 1.82) is 0 Å². The van der Waals surface area contributed by atoms with Crippen molar-refractivity contribution in [2.45, 2.75) is 32.6 Å². The molecule has 1 heterocycles. The van der Waals surface area contributed by atoms with Gasteiger partial charge in [0.15, 0.2) is 0 Å². The Morgan fingerprint density at radius 1 is 1.29 bits per heavy atom. The highest BCUT2D eigenvalue weighted by atomic mass is 16.5. The van der Waals surface area contributed by atoms with Gasteiger partial charge in [-0.25, -0.2) is 0 Å². The van der Waals surface area contributed by atoms with Crippen LogP contribution in [0.25, 0.3) is 0 Å². The molecule has 0 saturated heterocycles. The van der Waals surface area contributed by atoms with Gasteiger partial charge in [0, 0.05) is 18.7 Å². The third-order valence-electron chi connectivity index (χ3n) is 3.55. The molecule has 1 aliphatic rings. The Morgan fingerprint density at radius 2 is 2.10 bits per heavy atom. The number of hydrogen-bond acceptors (Lipinski definition) is 4. The predicted octanol–water partition coefficient (Wildman–Crippen LogP) is 2.32. The molecule has 1 aliphatic heterocycles. The van der Waals surface area contributed by atoms with Gasteiger partial charge in [-0.15, -0.1) is 0 Å². The van der Waals surface area contributed by atoms with Gasteiger partial charge in [-0.2, -0.15) is 0 Å². The third-order valence-corrected chi connectivity index (χ3v) is 3.55. The van der Waals surface area contributed by atoms with Gasteiger partial charge in [0.1, 0.15) is 5.75 Å².